The zero-order valence-corrected chi connectivity index (χ0v) is 14.9. The third-order valence-electron chi connectivity index (χ3n) is 4.72. The van der Waals surface area contributed by atoms with Crippen molar-refractivity contribution < 1.29 is 4.79 Å². The number of carbonyl (C=O) groups is 1. The van der Waals surface area contributed by atoms with Gasteiger partial charge in [-0.15, -0.1) is 5.10 Å². The van der Waals surface area contributed by atoms with Crippen LogP contribution in [0.15, 0.2) is 54.6 Å². The molecular weight excluding hydrogens is 324 g/mol. The number of aryl methyl sites for hydroxylation is 1. The number of benzene rings is 2. The van der Waals surface area contributed by atoms with Crippen molar-refractivity contribution >= 4 is 5.91 Å². The molecule has 26 heavy (non-hydrogen) atoms. The van der Waals surface area contributed by atoms with Crippen molar-refractivity contribution in [3.8, 4) is 5.69 Å². The van der Waals surface area contributed by atoms with E-state index in [2.05, 4.69) is 34.5 Å². The van der Waals surface area contributed by atoms with E-state index < -0.39 is 0 Å². The van der Waals surface area contributed by atoms with Crippen LogP contribution in [-0.2, 0) is 6.42 Å². The first-order valence-corrected chi connectivity index (χ1v) is 9.07. The maximum atomic E-state index is 12.5. The number of hydrogen-bond acceptors (Lipinski definition) is 3. The maximum absolute atomic E-state index is 12.5. The van der Waals surface area contributed by atoms with Crippen LogP contribution >= 0.6 is 0 Å². The predicted molar refractivity (Wildman–Crippen MR) is 101 cm³/mol. The molecule has 1 aromatic heterocycles. The molecule has 0 spiro atoms. The van der Waals surface area contributed by atoms with Crippen LogP contribution in [-0.4, -0.2) is 27.2 Å². The molecule has 0 radical (unpaired) electrons. The van der Waals surface area contributed by atoms with Crippen molar-refractivity contribution in [1.82, 2.24) is 20.1 Å². The Morgan fingerprint density at radius 3 is 2.58 bits per heavy atom. The monoisotopic (exact) mass is 346 g/mol. The van der Waals surface area contributed by atoms with Crippen molar-refractivity contribution in [2.75, 3.05) is 6.54 Å². The molecule has 1 aliphatic rings. The first kappa shape index (κ1) is 16.5. The van der Waals surface area contributed by atoms with E-state index in [0.29, 0.717) is 12.5 Å². The molecule has 0 saturated heterocycles. The molecule has 132 valence electrons. The van der Waals surface area contributed by atoms with Crippen LogP contribution in [0.5, 0.6) is 0 Å². The summed E-state index contributed by atoms with van der Waals surface area (Å²) in [5, 5.41) is 7.43. The van der Waals surface area contributed by atoms with Crippen LogP contribution in [0.3, 0.4) is 0 Å². The minimum Gasteiger partial charge on any atom is -0.349 e. The number of rotatable bonds is 6. The summed E-state index contributed by atoms with van der Waals surface area (Å²) >= 11 is 0. The number of hydrogen-bond donors (Lipinski definition) is 1. The molecule has 0 atom stereocenters. The van der Waals surface area contributed by atoms with Crippen LogP contribution in [0.25, 0.3) is 5.69 Å². The molecule has 0 unspecified atom stereocenters. The number of amides is 1. The van der Waals surface area contributed by atoms with Crippen LogP contribution < -0.4 is 5.32 Å². The van der Waals surface area contributed by atoms with E-state index in [9.17, 15) is 4.79 Å². The SMILES string of the molecule is Cc1ccccc1CCNC(=O)c1nc(C2CC2)n(-c2ccccc2)n1. The highest BCUT2D eigenvalue weighted by molar-refractivity contribution is 5.90. The van der Waals surface area contributed by atoms with Gasteiger partial charge < -0.3 is 5.32 Å². The van der Waals surface area contributed by atoms with Gasteiger partial charge in [0, 0.05) is 12.5 Å². The Labute approximate surface area is 153 Å². The summed E-state index contributed by atoms with van der Waals surface area (Å²) in [6, 6.07) is 18.1. The Bertz CT molecular complexity index is 913. The molecule has 5 heteroatoms. The smallest absolute Gasteiger partial charge is 0.290 e. The Hall–Kier alpha value is -2.95. The summed E-state index contributed by atoms with van der Waals surface area (Å²) in [6.07, 6.45) is 3.02. The number of para-hydroxylation sites is 1. The number of carbonyl (C=O) groups excluding carboxylic acids is 1. The lowest BCUT2D eigenvalue weighted by atomic mass is 10.1. The van der Waals surface area contributed by atoms with E-state index in [1.165, 1.54) is 11.1 Å². The standard InChI is InChI=1S/C21H22N4O/c1-15-7-5-6-8-16(15)13-14-22-21(26)19-23-20(17-11-12-17)25(24-19)18-9-3-2-4-10-18/h2-10,17H,11-14H2,1H3,(H,22,26). The van der Waals surface area contributed by atoms with Crippen LogP contribution in [0, 0.1) is 6.92 Å². The molecule has 1 heterocycles. The highest BCUT2D eigenvalue weighted by Crippen LogP contribution is 2.39. The molecule has 3 aromatic rings. The van der Waals surface area contributed by atoms with Crippen LogP contribution in [0.1, 0.15) is 46.3 Å². The van der Waals surface area contributed by atoms with E-state index >= 15 is 0 Å². The predicted octanol–water partition coefficient (Wildman–Crippen LogP) is 3.43. The van der Waals surface area contributed by atoms with Gasteiger partial charge in [0.2, 0.25) is 5.82 Å². The summed E-state index contributed by atoms with van der Waals surface area (Å²) < 4.78 is 1.81. The van der Waals surface area contributed by atoms with Gasteiger partial charge in [0.1, 0.15) is 5.82 Å². The zero-order chi connectivity index (χ0) is 17.9. The molecule has 1 aliphatic carbocycles. The molecule has 0 aliphatic heterocycles. The van der Waals surface area contributed by atoms with E-state index in [1.54, 1.807) is 0 Å². The average molecular weight is 346 g/mol. The fourth-order valence-electron chi connectivity index (χ4n) is 3.07. The molecule has 1 fully saturated rings. The Kier molecular flexibility index (Phi) is 4.52. The molecular formula is C21H22N4O. The van der Waals surface area contributed by atoms with E-state index in [0.717, 1.165) is 30.8 Å². The highest BCUT2D eigenvalue weighted by Gasteiger charge is 2.31. The molecule has 2 aromatic carbocycles. The molecule has 5 nitrogen and oxygen atoms in total. The summed E-state index contributed by atoms with van der Waals surface area (Å²) in [5.74, 6) is 1.34. The van der Waals surface area contributed by atoms with Gasteiger partial charge in [0.05, 0.1) is 5.69 Å². The minimum atomic E-state index is -0.213. The van der Waals surface area contributed by atoms with Crippen molar-refractivity contribution in [1.29, 1.82) is 0 Å². The molecule has 1 N–H and O–H groups in total. The van der Waals surface area contributed by atoms with Crippen molar-refractivity contribution in [3.63, 3.8) is 0 Å². The van der Waals surface area contributed by atoms with Gasteiger partial charge in [-0.05, 0) is 49.4 Å². The second kappa shape index (κ2) is 7.12. The second-order valence-corrected chi connectivity index (χ2v) is 6.75. The van der Waals surface area contributed by atoms with Gasteiger partial charge in [-0.25, -0.2) is 9.67 Å². The first-order chi connectivity index (χ1) is 12.7. The third kappa shape index (κ3) is 3.52. The molecule has 1 amide bonds. The highest BCUT2D eigenvalue weighted by atomic mass is 16.2. The van der Waals surface area contributed by atoms with Gasteiger partial charge in [0.25, 0.3) is 5.91 Å². The van der Waals surface area contributed by atoms with E-state index in [4.69, 9.17) is 0 Å². The number of nitrogens with zero attached hydrogens (tertiary/aromatic N) is 3. The summed E-state index contributed by atoms with van der Waals surface area (Å²) in [7, 11) is 0. The Balaban J connectivity index is 1.47. The topological polar surface area (TPSA) is 59.8 Å². The lowest BCUT2D eigenvalue weighted by Crippen LogP contribution is -2.27. The quantitative estimate of drug-likeness (QED) is 0.744. The van der Waals surface area contributed by atoms with E-state index in [1.807, 2.05) is 47.1 Å². The Morgan fingerprint density at radius 1 is 1.12 bits per heavy atom. The van der Waals surface area contributed by atoms with Gasteiger partial charge in [-0.1, -0.05) is 42.5 Å². The minimum absolute atomic E-state index is 0.213. The zero-order valence-electron chi connectivity index (χ0n) is 14.9. The van der Waals surface area contributed by atoms with E-state index in [-0.39, 0.29) is 11.7 Å². The normalized spacial score (nSPS) is 13.6. The fourth-order valence-corrected chi connectivity index (χ4v) is 3.07. The molecule has 1 saturated carbocycles. The van der Waals surface area contributed by atoms with Gasteiger partial charge in [-0.3, -0.25) is 4.79 Å². The lowest BCUT2D eigenvalue weighted by molar-refractivity contribution is 0.0944. The van der Waals surface area contributed by atoms with Gasteiger partial charge in [-0.2, -0.15) is 0 Å². The van der Waals surface area contributed by atoms with Crippen molar-refractivity contribution in [3.05, 3.63) is 77.4 Å². The lowest BCUT2D eigenvalue weighted by Gasteiger charge is -2.06. The summed E-state index contributed by atoms with van der Waals surface area (Å²) in [6.45, 7) is 2.66. The summed E-state index contributed by atoms with van der Waals surface area (Å²) in [5.41, 5.74) is 3.43. The largest absolute Gasteiger partial charge is 0.349 e. The third-order valence-corrected chi connectivity index (χ3v) is 4.72. The number of nitrogens with one attached hydrogen (secondary N) is 1. The molecule has 4 rings (SSSR count). The average Bonchev–Trinajstić information content (AvgIpc) is 3.42. The Morgan fingerprint density at radius 2 is 1.85 bits per heavy atom. The van der Waals surface area contributed by atoms with Gasteiger partial charge in [0.15, 0.2) is 0 Å². The van der Waals surface area contributed by atoms with Crippen LogP contribution in [0.2, 0.25) is 0 Å². The maximum Gasteiger partial charge on any atom is 0.290 e. The second-order valence-electron chi connectivity index (χ2n) is 6.75. The number of aromatic nitrogens is 3. The molecule has 0 bridgehead atoms. The first-order valence-electron chi connectivity index (χ1n) is 9.07. The summed E-state index contributed by atoms with van der Waals surface area (Å²) in [4.78, 5) is 17.0. The van der Waals surface area contributed by atoms with Crippen molar-refractivity contribution in [2.24, 2.45) is 0 Å². The fraction of sp³-hybridized carbons (Fsp3) is 0.286. The van der Waals surface area contributed by atoms with Crippen molar-refractivity contribution in [2.45, 2.75) is 32.1 Å². The van der Waals surface area contributed by atoms with Crippen LogP contribution in [0.4, 0.5) is 0 Å². The van der Waals surface area contributed by atoms with Gasteiger partial charge >= 0.3 is 0 Å².